The molecule has 0 amide bonds. The van der Waals surface area contributed by atoms with Crippen LogP contribution in [0.2, 0.25) is 0 Å². The molecule has 2 aromatic heterocycles. The lowest BCUT2D eigenvalue weighted by Crippen LogP contribution is -2.17. The summed E-state index contributed by atoms with van der Waals surface area (Å²) >= 11 is 0. The van der Waals surface area contributed by atoms with Crippen molar-refractivity contribution in [1.82, 2.24) is 15.0 Å². The van der Waals surface area contributed by atoms with Crippen molar-refractivity contribution in [3.63, 3.8) is 0 Å². The molecule has 4 heteroatoms. The van der Waals surface area contributed by atoms with Gasteiger partial charge in [-0.25, -0.2) is 4.98 Å². The number of nitrogens with zero attached hydrogens (tertiary/aromatic N) is 3. The average molecular weight is 264 g/mol. The highest BCUT2D eigenvalue weighted by Gasteiger charge is 2.12. The molecule has 20 heavy (non-hydrogen) atoms. The van der Waals surface area contributed by atoms with Crippen molar-refractivity contribution in [2.75, 3.05) is 18.0 Å². The highest BCUT2D eigenvalue weighted by Crippen LogP contribution is 2.25. The number of nitrogens with one attached hydrogen (secondary N) is 1. The molecular weight excluding hydrogens is 248 g/mol. The molecule has 1 aromatic carbocycles. The van der Waals surface area contributed by atoms with E-state index in [-0.39, 0.29) is 0 Å². The number of anilines is 1. The van der Waals surface area contributed by atoms with E-state index in [0.717, 1.165) is 22.4 Å². The lowest BCUT2D eigenvalue weighted by atomic mass is 10.2. The molecule has 0 atom stereocenters. The zero-order valence-corrected chi connectivity index (χ0v) is 11.2. The zero-order valence-electron chi connectivity index (χ0n) is 11.2. The summed E-state index contributed by atoms with van der Waals surface area (Å²) in [5.41, 5.74) is 4.36. The number of pyridine rings is 1. The van der Waals surface area contributed by atoms with Crippen molar-refractivity contribution in [2.45, 2.75) is 12.8 Å². The molecule has 0 bridgehead atoms. The van der Waals surface area contributed by atoms with Crippen LogP contribution in [0.4, 0.5) is 5.69 Å². The number of benzene rings is 1. The van der Waals surface area contributed by atoms with E-state index in [2.05, 4.69) is 44.1 Å². The first-order chi connectivity index (χ1) is 9.90. The summed E-state index contributed by atoms with van der Waals surface area (Å²) in [6.07, 6.45) is 6.19. The smallest absolute Gasteiger partial charge is 0.138 e. The third-order valence-corrected chi connectivity index (χ3v) is 3.90. The van der Waals surface area contributed by atoms with Gasteiger partial charge in [0.1, 0.15) is 5.82 Å². The van der Waals surface area contributed by atoms with Crippen LogP contribution in [-0.2, 0) is 0 Å². The Bertz CT molecular complexity index is 691. The Morgan fingerprint density at radius 3 is 2.55 bits per heavy atom. The summed E-state index contributed by atoms with van der Waals surface area (Å²) in [6, 6.07) is 10.6. The Labute approximate surface area is 117 Å². The second kappa shape index (κ2) is 4.63. The normalized spacial score (nSPS) is 15.1. The van der Waals surface area contributed by atoms with E-state index in [0.29, 0.717) is 0 Å². The maximum Gasteiger partial charge on any atom is 0.138 e. The van der Waals surface area contributed by atoms with Crippen LogP contribution in [0.5, 0.6) is 0 Å². The summed E-state index contributed by atoms with van der Waals surface area (Å²) < 4.78 is 0. The Kier molecular flexibility index (Phi) is 2.66. The van der Waals surface area contributed by atoms with Gasteiger partial charge in [0.05, 0.1) is 17.2 Å². The third-order valence-electron chi connectivity index (χ3n) is 3.90. The molecular formula is C16H16N4. The molecule has 3 heterocycles. The molecule has 1 aliphatic heterocycles. The van der Waals surface area contributed by atoms with Gasteiger partial charge in [0.15, 0.2) is 0 Å². The molecule has 4 rings (SSSR count). The van der Waals surface area contributed by atoms with Crippen molar-refractivity contribution < 1.29 is 0 Å². The summed E-state index contributed by atoms with van der Waals surface area (Å²) in [5, 5.41) is 0. The van der Waals surface area contributed by atoms with E-state index >= 15 is 0 Å². The van der Waals surface area contributed by atoms with Gasteiger partial charge in [-0.3, -0.25) is 4.98 Å². The summed E-state index contributed by atoms with van der Waals surface area (Å²) in [6.45, 7) is 2.35. The number of imidazole rings is 1. The van der Waals surface area contributed by atoms with Crippen molar-refractivity contribution in [1.29, 1.82) is 0 Å². The van der Waals surface area contributed by atoms with Gasteiger partial charge in [0.2, 0.25) is 0 Å². The van der Waals surface area contributed by atoms with E-state index in [1.165, 1.54) is 31.6 Å². The van der Waals surface area contributed by atoms with Crippen molar-refractivity contribution in [3.05, 3.63) is 42.7 Å². The molecule has 1 aliphatic rings. The van der Waals surface area contributed by atoms with Crippen LogP contribution in [0, 0.1) is 0 Å². The van der Waals surface area contributed by atoms with Crippen LogP contribution < -0.4 is 4.90 Å². The fourth-order valence-corrected chi connectivity index (χ4v) is 2.80. The largest absolute Gasteiger partial charge is 0.372 e. The number of H-pyrrole nitrogens is 1. The summed E-state index contributed by atoms with van der Waals surface area (Å²) in [4.78, 5) is 14.5. The van der Waals surface area contributed by atoms with E-state index in [4.69, 9.17) is 0 Å². The van der Waals surface area contributed by atoms with E-state index in [1.54, 1.807) is 6.20 Å². The van der Waals surface area contributed by atoms with Gasteiger partial charge in [-0.2, -0.15) is 0 Å². The van der Waals surface area contributed by atoms with Crippen LogP contribution >= 0.6 is 0 Å². The minimum absolute atomic E-state index is 0.904. The lowest BCUT2D eigenvalue weighted by Gasteiger charge is -2.17. The Morgan fingerprint density at radius 2 is 1.80 bits per heavy atom. The number of rotatable bonds is 2. The Balaban J connectivity index is 1.67. The van der Waals surface area contributed by atoms with Gasteiger partial charge in [-0.05, 0) is 43.2 Å². The fourth-order valence-electron chi connectivity index (χ4n) is 2.80. The predicted octanol–water partition coefficient (Wildman–Crippen LogP) is 3.23. The number of fused-ring (bicyclic) bond motifs is 1. The molecule has 4 nitrogen and oxygen atoms in total. The molecule has 0 unspecified atom stereocenters. The SMILES string of the molecule is c1cc2nc(-c3ccc(N4CCCC4)cc3)[nH]c2cn1. The molecule has 1 saturated heterocycles. The number of hydrogen-bond acceptors (Lipinski definition) is 3. The topological polar surface area (TPSA) is 44.8 Å². The minimum Gasteiger partial charge on any atom is -0.372 e. The van der Waals surface area contributed by atoms with Crippen molar-refractivity contribution in [3.8, 4) is 11.4 Å². The molecule has 1 fully saturated rings. The van der Waals surface area contributed by atoms with Crippen molar-refractivity contribution in [2.24, 2.45) is 0 Å². The van der Waals surface area contributed by atoms with Crippen LogP contribution in [0.3, 0.4) is 0 Å². The first-order valence-corrected chi connectivity index (χ1v) is 7.05. The quantitative estimate of drug-likeness (QED) is 0.773. The van der Waals surface area contributed by atoms with Crippen LogP contribution in [0.25, 0.3) is 22.4 Å². The molecule has 0 radical (unpaired) electrons. The van der Waals surface area contributed by atoms with Crippen LogP contribution in [0.15, 0.2) is 42.7 Å². The maximum atomic E-state index is 4.60. The Morgan fingerprint density at radius 1 is 1.00 bits per heavy atom. The number of aromatic amines is 1. The van der Waals surface area contributed by atoms with Crippen LogP contribution in [0.1, 0.15) is 12.8 Å². The van der Waals surface area contributed by atoms with Gasteiger partial charge >= 0.3 is 0 Å². The molecule has 100 valence electrons. The second-order valence-electron chi connectivity index (χ2n) is 5.22. The molecule has 0 aliphatic carbocycles. The molecule has 0 saturated carbocycles. The Hall–Kier alpha value is -2.36. The standard InChI is InChI=1S/C16H16N4/c1-2-10-20(9-1)13-5-3-12(4-6-13)16-18-14-7-8-17-11-15(14)19-16/h3-8,11H,1-2,9-10H2,(H,18,19). The number of hydrogen-bond donors (Lipinski definition) is 1. The molecule has 0 spiro atoms. The van der Waals surface area contributed by atoms with E-state index in [9.17, 15) is 0 Å². The predicted molar refractivity (Wildman–Crippen MR) is 80.8 cm³/mol. The minimum atomic E-state index is 0.904. The number of aromatic nitrogens is 3. The van der Waals surface area contributed by atoms with Gasteiger partial charge < -0.3 is 9.88 Å². The monoisotopic (exact) mass is 264 g/mol. The van der Waals surface area contributed by atoms with Gasteiger partial charge in [-0.1, -0.05) is 0 Å². The van der Waals surface area contributed by atoms with E-state index < -0.39 is 0 Å². The van der Waals surface area contributed by atoms with Crippen LogP contribution in [-0.4, -0.2) is 28.0 Å². The summed E-state index contributed by atoms with van der Waals surface area (Å²) in [7, 11) is 0. The first kappa shape index (κ1) is 11.5. The van der Waals surface area contributed by atoms with E-state index in [1.807, 2.05) is 12.3 Å². The molecule has 3 aromatic rings. The third kappa shape index (κ3) is 1.93. The highest BCUT2D eigenvalue weighted by atomic mass is 15.1. The maximum absolute atomic E-state index is 4.60. The average Bonchev–Trinajstić information content (AvgIpc) is 3.17. The van der Waals surface area contributed by atoms with Gasteiger partial charge in [0.25, 0.3) is 0 Å². The van der Waals surface area contributed by atoms with Gasteiger partial charge in [0, 0.05) is 30.5 Å². The molecule has 1 N–H and O–H groups in total. The lowest BCUT2D eigenvalue weighted by molar-refractivity contribution is 0.949. The first-order valence-electron chi connectivity index (χ1n) is 7.05. The van der Waals surface area contributed by atoms with Crippen molar-refractivity contribution >= 4 is 16.7 Å². The summed E-state index contributed by atoms with van der Waals surface area (Å²) in [5.74, 6) is 0.904. The second-order valence-corrected chi connectivity index (χ2v) is 5.22. The fraction of sp³-hybridized carbons (Fsp3) is 0.250. The highest BCUT2D eigenvalue weighted by molar-refractivity contribution is 5.78. The van der Waals surface area contributed by atoms with Gasteiger partial charge in [-0.15, -0.1) is 0 Å². The zero-order chi connectivity index (χ0) is 13.4.